The zero-order valence-electron chi connectivity index (χ0n) is 9.16. The van der Waals surface area contributed by atoms with Gasteiger partial charge in [0.15, 0.2) is 0 Å². The number of nitrogens with one attached hydrogen (secondary N) is 1. The number of aromatic nitrogens is 2. The number of anilines is 1. The number of nitrogens with zero attached hydrogens (tertiary/aromatic N) is 2. The van der Waals surface area contributed by atoms with Crippen molar-refractivity contribution in [1.82, 2.24) is 9.97 Å². The first-order valence-electron chi connectivity index (χ1n) is 4.97. The van der Waals surface area contributed by atoms with Crippen LogP contribution in [-0.2, 0) is 0 Å². The van der Waals surface area contributed by atoms with E-state index < -0.39 is 0 Å². The molecule has 0 aliphatic carbocycles. The van der Waals surface area contributed by atoms with Gasteiger partial charge in [-0.15, -0.1) is 0 Å². The van der Waals surface area contributed by atoms with Crippen LogP contribution in [0.25, 0.3) is 11.3 Å². The van der Waals surface area contributed by atoms with Crippen molar-refractivity contribution in [1.29, 1.82) is 0 Å². The van der Waals surface area contributed by atoms with Crippen LogP contribution in [0.4, 0.5) is 10.2 Å². The molecule has 0 aliphatic rings. The van der Waals surface area contributed by atoms with Gasteiger partial charge in [0.2, 0.25) is 0 Å². The minimum atomic E-state index is -0.272. The van der Waals surface area contributed by atoms with Gasteiger partial charge >= 0.3 is 0 Å². The number of aryl methyl sites for hydroxylation is 1. The van der Waals surface area contributed by atoms with Crippen molar-refractivity contribution in [2.45, 2.75) is 6.92 Å². The lowest BCUT2D eigenvalue weighted by Gasteiger charge is -2.05. The van der Waals surface area contributed by atoms with Gasteiger partial charge in [0.1, 0.15) is 18.0 Å². The van der Waals surface area contributed by atoms with Crippen molar-refractivity contribution in [2.75, 3.05) is 12.4 Å². The number of rotatable bonds is 2. The molecular weight excluding hydrogens is 205 g/mol. The molecule has 1 heterocycles. The second-order valence-corrected chi connectivity index (χ2v) is 3.52. The Morgan fingerprint density at radius 1 is 1.19 bits per heavy atom. The third-order valence-electron chi connectivity index (χ3n) is 2.32. The Hall–Kier alpha value is -1.97. The van der Waals surface area contributed by atoms with Gasteiger partial charge in [-0.1, -0.05) is 11.6 Å². The van der Waals surface area contributed by atoms with E-state index in [2.05, 4.69) is 15.3 Å². The first kappa shape index (κ1) is 10.5. The van der Waals surface area contributed by atoms with Crippen LogP contribution in [0.3, 0.4) is 0 Å². The lowest BCUT2D eigenvalue weighted by Crippen LogP contribution is -1.95. The third-order valence-corrected chi connectivity index (χ3v) is 2.32. The monoisotopic (exact) mass is 217 g/mol. The number of hydrogen-bond donors (Lipinski definition) is 1. The molecule has 1 aromatic heterocycles. The standard InChI is InChI=1S/C12H12FN3/c1-8-3-4-10(13)9(5-8)11-6-12(14-2)16-7-15-11/h3-7H,1-2H3,(H,14,15,16). The highest BCUT2D eigenvalue weighted by Gasteiger charge is 2.07. The summed E-state index contributed by atoms with van der Waals surface area (Å²) in [5, 5.41) is 2.90. The predicted molar refractivity (Wildman–Crippen MR) is 61.7 cm³/mol. The third kappa shape index (κ3) is 2.00. The maximum atomic E-state index is 13.6. The van der Waals surface area contributed by atoms with Crippen LogP contribution in [-0.4, -0.2) is 17.0 Å². The Kier molecular flexibility index (Phi) is 2.81. The highest BCUT2D eigenvalue weighted by molar-refractivity contribution is 5.63. The van der Waals surface area contributed by atoms with Crippen LogP contribution in [0, 0.1) is 12.7 Å². The Balaban J connectivity index is 2.53. The number of halogens is 1. The van der Waals surface area contributed by atoms with E-state index in [4.69, 9.17) is 0 Å². The lowest BCUT2D eigenvalue weighted by molar-refractivity contribution is 0.630. The van der Waals surface area contributed by atoms with Gasteiger partial charge in [0, 0.05) is 18.7 Å². The predicted octanol–water partition coefficient (Wildman–Crippen LogP) is 2.63. The molecule has 0 bridgehead atoms. The second kappa shape index (κ2) is 4.26. The minimum Gasteiger partial charge on any atom is -0.373 e. The van der Waals surface area contributed by atoms with Crippen molar-refractivity contribution in [3.8, 4) is 11.3 Å². The quantitative estimate of drug-likeness (QED) is 0.840. The first-order valence-corrected chi connectivity index (χ1v) is 4.97. The smallest absolute Gasteiger partial charge is 0.132 e. The molecule has 1 N–H and O–H groups in total. The van der Waals surface area contributed by atoms with Gasteiger partial charge in [-0.3, -0.25) is 0 Å². The number of benzene rings is 1. The van der Waals surface area contributed by atoms with Crippen LogP contribution < -0.4 is 5.32 Å². The zero-order valence-corrected chi connectivity index (χ0v) is 9.16. The lowest BCUT2D eigenvalue weighted by atomic mass is 10.1. The summed E-state index contributed by atoms with van der Waals surface area (Å²) in [5.74, 6) is 0.400. The summed E-state index contributed by atoms with van der Waals surface area (Å²) in [5.41, 5.74) is 2.08. The second-order valence-electron chi connectivity index (χ2n) is 3.52. The highest BCUT2D eigenvalue weighted by Crippen LogP contribution is 2.22. The molecule has 0 fully saturated rings. The molecule has 0 saturated heterocycles. The fraction of sp³-hybridized carbons (Fsp3) is 0.167. The van der Waals surface area contributed by atoms with E-state index in [1.165, 1.54) is 12.4 Å². The van der Waals surface area contributed by atoms with Crippen LogP contribution in [0.2, 0.25) is 0 Å². The average Bonchev–Trinajstić information content (AvgIpc) is 2.32. The largest absolute Gasteiger partial charge is 0.373 e. The van der Waals surface area contributed by atoms with Gasteiger partial charge < -0.3 is 5.32 Å². The van der Waals surface area contributed by atoms with E-state index in [1.807, 2.05) is 6.92 Å². The Labute approximate surface area is 93.4 Å². The summed E-state index contributed by atoms with van der Waals surface area (Å²) in [6.07, 6.45) is 1.42. The molecule has 0 atom stereocenters. The van der Waals surface area contributed by atoms with Crippen molar-refractivity contribution in [3.63, 3.8) is 0 Å². The Bertz CT molecular complexity index is 511. The SMILES string of the molecule is CNc1cc(-c2cc(C)ccc2F)ncn1. The summed E-state index contributed by atoms with van der Waals surface area (Å²) in [6, 6.07) is 6.68. The van der Waals surface area contributed by atoms with Crippen molar-refractivity contribution >= 4 is 5.82 Å². The van der Waals surface area contributed by atoms with E-state index in [9.17, 15) is 4.39 Å². The molecule has 0 radical (unpaired) electrons. The van der Waals surface area contributed by atoms with Crippen LogP contribution >= 0.6 is 0 Å². The van der Waals surface area contributed by atoms with Gasteiger partial charge in [-0.2, -0.15) is 0 Å². The van der Waals surface area contributed by atoms with E-state index >= 15 is 0 Å². The molecule has 0 saturated carbocycles. The van der Waals surface area contributed by atoms with E-state index in [0.29, 0.717) is 17.1 Å². The molecule has 3 nitrogen and oxygen atoms in total. The Morgan fingerprint density at radius 3 is 2.75 bits per heavy atom. The van der Waals surface area contributed by atoms with Crippen molar-refractivity contribution in [2.24, 2.45) is 0 Å². The minimum absolute atomic E-state index is 0.272. The molecule has 4 heteroatoms. The topological polar surface area (TPSA) is 37.8 Å². The maximum Gasteiger partial charge on any atom is 0.132 e. The molecule has 0 unspecified atom stereocenters. The normalized spacial score (nSPS) is 10.2. The zero-order chi connectivity index (χ0) is 11.5. The molecule has 2 rings (SSSR count). The summed E-state index contributed by atoms with van der Waals surface area (Å²) in [7, 11) is 1.76. The molecule has 0 spiro atoms. The van der Waals surface area contributed by atoms with Gasteiger partial charge in [0.05, 0.1) is 5.69 Å². The van der Waals surface area contributed by atoms with Gasteiger partial charge in [-0.25, -0.2) is 14.4 Å². The van der Waals surface area contributed by atoms with E-state index in [-0.39, 0.29) is 5.82 Å². The fourth-order valence-corrected chi connectivity index (χ4v) is 1.48. The Morgan fingerprint density at radius 2 is 2.00 bits per heavy atom. The highest BCUT2D eigenvalue weighted by atomic mass is 19.1. The number of hydrogen-bond acceptors (Lipinski definition) is 3. The van der Waals surface area contributed by atoms with E-state index in [0.717, 1.165) is 5.56 Å². The molecular formula is C12H12FN3. The fourth-order valence-electron chi connectivity index (χ4n) is 1.48. The summed E-state index contributed by atoms with van der Waals surface area (Å²) in [4.78, 5) is 8.06. The molecule has 1 aromatic carbocycles. The molecule has 0 amide bonds. The first-order chi connectivity index (χ1) is 7.70. The van der Waals surface area contributed by atoms with Crippen LogP contribution in [0.15, 0.2) is 30.6 Å². The van der Waals surface area contributed by atoms with Crippen LogP contribution in [0.1, 0.15) is 5.56 Å². The molecule has 16 heavy (non-hydrogen) atoms. The maximum absolute atomic E-state index is 13.6. The molecule has 82 valence electrons. The van der Waals surface area contributed by atoms with E-state index in [1.54, 1.807) is 25.2 Å². The molecule has 2 aromatic rings. The summed E-state index contributed by atoms with van der Waals surface area (Å²) < 4.78 is 13.6. The van der Waals surface area contributed by atoms with Gasteiger partial charge in [0.25, 0.3) is 0 Å². The van der Waals surface area contributed by atoms with Crippen LogP contribution in [0.5, 0.6) is 0 Å². The molecule has 0 aliphatic heterocycles. The average molecular weight is 217 g/mol. The van der Waals surface area contributed by atoms with Crippen molar-refractivity contribution in [3.05, 3.63) is 42.0 Å². The summed E-state index contributed by atoms with van der Waals surface area (Å²) >= 11 is 0. The van der Waals surface area contributed by atoms with Gasteiger partial charge in [-0.05, 0) is 19.1 Å². The van der Waals surface area contributed by atoms with Crippen molar-refractivity contribution < 1.29 is 4.39 Å². The summed E-state index contributed by atoms with van der Waals surface area (Å²) in [6.45, 7) is 1.92.